The summed E-state index contributed by atoms with van der Waals surface area (Å²) in [6.07, 6.45) is 1.29. The number of aliphatic hydroxyl groups excluding tert-OH is 1. The molecule has 7 heteroatoms. The number of piperidine rings is 1. The van der Waals surface area contributed by atoms with Gasteiger partial charge in [0.2, 0.25) is 0 Å². The van der Waals surface area contributed by atoms with Gasteiger partial charge in [-0.05, 0) is 31.0 Å². The van der Waals surface area contributed by atoms with E-state index in [9.17, 15) is 15.2 Å². The third-order valence-corrected chi connectivity index (χ3v) is 4.65. The van der Waals surface area contributed by atoms with Crippen LogP contribution in [0.2, 0.25) is 0 Å². The number of anilines is 2. The number of nitrogens with one attached hydrogen (secondary N) is 1. The first-order valence-corrected chi connectivity index (χ1v) is 8.65. The minimum absolute atomic E-state index is 0.0425. The minimum atomic E-state index is -0.407. The van der Waals surface area contributed by atoms with Crippen LogP contribution in [-0.4, -0.2) is 36.3 Å². The standard InChI is InChI=1S/C19H23N3O4/c1-26-19-7-6-15(22(24)25)12-14(19)13-20-17-4-2-3-5-18(17)21-10-8-16(23)9-11-21/h2-7,12,16,20,23H,8-11,13H2,1H3. The maximum Gasteiger partial charge on any atom is 0.270 e. The summed E-state index contributed by atoms with van der Waals surface area (Å²) in [6.45, 7) is 2.03. The summed E-state index contributed by atoms with van der Waals surface area (Å²) in [5.74, 6) is 0.613. The van der Waals surface area contributed by atoms with E-state index in [1.807, 2.05) is 24.3 Å². The van der Waals surface area contributed by atoms with Crippen molar-refractivity contribution in [2.24, 2.45) is 0 Å². The Morgan fingerprint density at radius 1 is 1.27 bits per heavy atom. The molecule has 0 aromatic heterocycles. The number of aliphatic hydroxyl groups is 1. The molecule has 0 saturated carbocycles. The van der Waals surface area contributed by atoms with Crippen molar-refractivity contribution in [2.45, 2.75) is 25.5 Å². The molecule has 0 atom stereocenters. The van der Waals surface area contributed by atoms with Gasteiger partial charge in [0.05, 0.1) is 29.5 Å². The predicted molar refractivity (Wildman–Crippen MR) is 101 cm³/mol. The Bertz CT molecular complexity index is 773. The molecule has 2 N–H and O–H groups in total. The molecule has 1 fully saturated rings. The number of hydrogen-bond donors (Lipinski definition) is 2. The van der Waals surface area contributed by atoms with Gasteiger partial charge in [-0.25, -0.2) is 0 Å². The van der Waals surface area contributed by atoms with Gasteiger partial charge < -0.3 is 20.1 Å². The molecule has 1 heterocycles. The van der Waals surface area contributed by atoms with Gasteiger partial charge >= 0.3 is 0 Å². The van der Waals surface area contributed by atoms with E-state index in [1.165, 1.54) is 12.1 Å². The number of benzene rings is 2. The highest BCUT2D eigenvalue weighted by atomic mass is 16.6. The molecule has 138 valence electrons. The van der Waals surface area contributed by atoms with E-state index in [-0.39, 0.29) is 11.8 Å². The van der Waals surface area contributed by atoms with Gasteiger partial charge in [0.25, 0.3) is 5.69 Å². The van der Waals surface area contributed by atoms with Crippen LogP contribution in [0.15, 0.2) is 42.5 Å². The quantitative estimate of drug-likeness (QED) is 0.610. The van der Waals surface area contributed by atoms with Crippen molar-refractivity contribution < 1.29 is 14.8 Å². The first kappa shape index (κ1) is 18.0. The van der Waals surface area contributed by atoms with Gasteiger partial charge in [0.15, 0.2) is 0 Å². The SMILES string of the molecule is COc1ccc([N+](=O)[O-])cc1CNc1ccccc1N1CCC(O)CC1. The van der Waals surface area contributed by atoms with Crippen molar-refractivity contribution >= 4 is 17.1 Å². The number of ether oxygens (including phenoxy) is 1. The Labute approximate surface area is 152 Å². The number of methoxy groups -OCH3 is 1. The zero-order valence-electron chi connectivity index (χ0n) is 14.7. The Kier molecular flexibility index (Phi) is 5.58. The van der Waals surface area contributed by atoms with E-state index in [0.717, 1.165) is 42.9 Å². The summed E-state index contributed by atoms with van der Waals surface area (Å²) >= 11 is 0. The Morgan fingerprint density at radius 2 is 2.00 bits per heavy atom. The first-order valence-electron chi connectivity index (χ1n) is 8.65. The Morgan fingerprint density at radius 3 is 2.69 bits per heavy atom. The van der Waals surface area contributed by atoms with Gasteiger partial charge in [-0.15, -0.1) is 0 Å². The highest BCUT2D eigenvalue weighted by Crippen LogP contribution is 2.30. The predicted octanol–water partition coefficient (Wildman–Crippen LogP) is 3.18. The van der Waals surface area contributed by atoms with Crippen molar-refractivity contribution in [3.05, 3.63) is 58.1 Å². The average molecular weight is 357 g/mol. The van der Waals surface area contributed by atoms with Crippen LogP contribution in [0.4, 0.5) is 17.1 Å². The molecule has 2 aromatic carbocycles. The van der Waals surface area contributed by atoms with E-state index >= 15 is 0 Å². The smallest absolute Gasteiger partial charge is 0.270 e. The lowest BCUT2D eigenvalue weighted by molar-refractivity contribution is -0.384. The second-order valence-corrected chi connectivity index (χ2v) is 6.34. The molecule has 0 bridgehead atoms. The van der Waals surface area contributed by atoms with E-state index in [4.69, 9.17) is 4.74 Å². The van der Waals surface area contributed by atoms with Gasteiger partial charge in [-0.3, -0.25) is 10.1 Å². The van der Waals surface area contributed by atoms with Crippen molar-refractivity contribution in [3.63, 3.8) is 0 Å². The lowest BCUT2D eigenvalue weighted by atomic mass is 10.1. The van der Waals surface area contributed by atoms with E-state index in [1.54, 1.807) is 13.2 Å². The fourth-order valence-corrected chi connectivity index (χ4v) is 3.21. The second-order valence-electron chi connectivity index (χ2n) is 6.34. The van der Waals surface area contributed by atoms with Crippen LogP contribution in [0.5, 0.6) is 5.75 Å². The van der Waals surface area contributed by atoms with Crippen LogP contribution >= 0.6 is 0 Å². The summed E-state index contributed by atoms with van der Waals surface area (Å²) in [6, 6.07) is 12.6. The molecule has 0 unspecified atom stereocenters. The molecule has 2 aromatic rings. The molecule has 7 nitrogen and oxygen atoms in total. The van der Waals surface area contributed by atoms with Gasteiger partial charge in [0, 0.05) is 37.3 Å². The van der Waals surface area contributed by atoms with E-state index in [0.29, 0.717) is 12.3 Å². The van der Waals surface area contributed by atoms with Crippen molar-refractivity contribution in [1.29, 1.82) is 0 Å². The van der Waals surface area contributed by atoms with Gasteiger partial charge in [-0.2, -0.15) is 0 Å². The topological polar surface area (TPSA) is 87.9 Å². The molecule has 1 aliphatic rings. The summed E-state index contributed by atoms with van der Waals surface area (Å²) < 4.78 is 5.33. The van der Waals surface area contributed by atoms with Crippen LogP contribution in [-0.2, 0) is 6.54 Å². The number of nitro benzene ring substituents is 1. The Hall–Kier alpha value is -2.80. The number of nitro groups is 1. The van der Waals surface area contributed by atoms with Crippen LogP contribution in [0.25, 0.3) is 0 Å². The highest BCUT2D eigenvalue weighted by Gasteiger charge is 2.19. The molecule has 0 radical (unpaired) electrons. The molecular formula is C19H23N3O4. The van der Waals surface area contributed by atoms with Gasteiger partial charge in [-0.1, -0.05) is 12.1 Å². The Balaban J connectivity index is 1.78. The van der Waals surface area contributed by atoms with Crippen molar-refractivity contribution in [3.8, 4) is 5.75 Å². The summed E-state index contributed by atoms with van der Waals surface area (Å²) in [4.78, 5) is 12.9. The minimum Gasteiger partial charge on any atom is -0.496 e. The largest absolute Gasteiger partial charge is 0.496 e. The monoisotopic (exact) mass is 357 g/mol. The molecule has 0 spiro atoms. The normalized spacial score (nSPS) is 14.9. The van der Waals surface area contributed by atoms with Gasteiger partial charge in [0.1, 0.15) is 5.75 Å². The molecule has 26 heavy (non-hydrogen) atoms. The fourth-order valence-electron chi connectivity index (χ4n) is 3.21. The van der Waals surface area contributed by atoms with Crippen molar-refractivity contribution in [1.82, 2.24) is 0 Å². The highest BCUT2D eigenvalue weighted by molar-refractivity contribution is 5.70. The molecular weight excluding hydrogens is 334 g/mol. The molecule has 1 aliphatic heterocycles. The molecule has 3 rings (SSSR count). The lowest BCUT2D eigenvalue weighted by Gasteiger charge is -2.33. The maximum absolute atomic E-state index is 11.0. The number of non-ortho nitro benzene ring substituents is 1. The first-order chi connectivity index (χ1) is 12.6. The molecule has 1 saturated heterocycles. The summed E-state index contributed by atoms with van der Waals surface area (Å²) in [5, 5.41) is 24.1. The maximum atomic E-state index is 11.0. The second kappa shape index (κ2) is 8.05. The summed E-state index contributed by atoms with van der Waals surface area (Å²) in [5.41, 5.74) is 2.80. The third-order valence-electron chi connectivity index (χ3n) is 4.65. The zero-order chi connectivity index (χ0) is 18.5. The van der Waals surface area contributed by atoms with Crippen LogP contribution in [0, 0.1) is 10.1 Å². The average Bonchev–Trinajstić information content (AvgIpc) is 2.67. The van der Waals surface area contributed by atoms with Crippen LogP contribution in [0.1, 0.15) is 18.4 Å². The van der Waals surface area contributed by atoms with Crippen LogP contribution < -0.4 is 15.0 Å². The number of nitrogens with zero attached hydrogens (tertiary/aromatic N) is 2. The lowest BCUT2D eigenvalue weighted by Crippen LogP contribution is -2.36. The van der Waals surface area contributed by atoms with E-state index < -0.39 is 4.92 Å². The number of para-hydroxylation sites is 2. The zero-order valence-corrected chi connectivity index (χ0v) is 14.7. The van der Waals surface area contributed by atoms with Crippen molar-refractivity contribution in [2.75, 3.05) is 30.4 Å². The van der Waals surface area contributed by atoms with Crippen LogP contribution in [0.3, 0.4) is 0 Å². The summed E-state index contributed by atoms with van der Waals surface area (Å²) in [7, 11) is 1.55. The molecule has 0 amide bonds. The third kappa shape index (κ3) is 4.05. The molecule has 0 aliphatic carbocycles. The number of rotatable bonds is 6. The number of hydrogen-bond acceptors (Lipinski definition) is 6. The fraction of sp³-hybridized carbons (Fsp3) is 0.368. The van der Waals surface area contributed by atoms with E-state index in [2.05, 4.69) is 10.2 Å².